The molecule has 6 nitrogen and oxygen atoms in total. The number of nitroso groups, excluding NO2 is 1. The van der Waals surface area contributed by atoms with Crippen LogP contribution in [-0.4, -0.2) is 28.0 Å². The summed E-state index contributed by atoms with van der Waals surface area (Å²) in [5, 5.41) is 3.30. The van der Waals surface area contributed by atoms with Crippen molar-refractivity contribution >= 4 is 0 Å². The molecule has 2 aromatic heterocycles. The van der Waals surface area contributed by atoms with E-state index in [0.717, 1.165) is 48.4 Å². The maximum Gasteiger partial charge on any atom is 0.124 e. The fourth-order valence-electron chi connectivity index (χ4n) is 3.20. The van der Waals surface area contributed by atoms with Crippen molar-refractivity contribution in [3.05, 3.63) is 63.6 Å². The molecule has 0 spiro atoms. The molecule has 6 heteroatoms. The van der Waals surface area contributed by atoms with Crippen LogP contribution in [0.2, 0.25) is 0 Å². The smallest absolute Gasteiger partial charge is 0.124 e. The van der Waals surface area contributed by atoms with Gasteiger partial charge in [0.25, 0.3) is 0 Å². The molecule has 2 N–H and O–H groups in total. The van der Waals surface area contributed by atoms with Gasteiger partial charge in [-0.05, 0) is 70.8 Å². The van der Waals surface area contributed by atoms with Crippen molar-refractivity contribution in [3.8, 4) is 0 Å². The highest BCUT2D eigenvalue weighted by Gasteiger charge is 2.26. The van der Waals surface area contributed by atoms with Crippen LogP contribution in [0, 0.1) is 18.8 Å². The zero-order valence-electron chi connectivity index (χ0n) is 16.9. The summed E-state index contributed by atoms with van der Waals surface area (Å²) in [4.78, 5) is 22.8. The van der Waals surface area contributed by atoms with E-state index in [1.807, 2.05) is 32.2 Å². The third kappa shape index (κ3) is 5.91. The fourth-order valence-corrected chi connectivity index (χ4v) is 3.20. The molecule has 0 fully saturated rings. The lowest BCUT2D eigenvalue weighted by Crippen LogP contribution is -2.28. The van der Waals surface area contributed by atoms with Gasteiger partial charge in [-0.15, -0.1) is 4.91 Å². The topological polar surface area (TPSA) is 84.5 Å². The van der Waals surface area contributed by atoms with E-state index in [1.54, 1.807) is 6.20 Å². The Balaban J connectivity index is 2.26. The normalized spacial score (nSPS) is 11.8. The third-order valence-corrected chi connectivity index (χ3v) is 4.78. The van der Waals surface area contributed by atoms with Gasteiger partial charge < -0.3 is 5.73 Å². The maximum absolute atomic E-state index is 11.3. The van der Waals surface area contributed by atoms with Gasteiger partial charge in [0.05, 0.1) is 11.4 Å². The first-order valence-electron chi connectivity index (χ1n) is 9.51. The second-order valence-electron chi connectivity index (χ2n) is 7.63. The number of nitrogens with two attached hydrogens (primary N) is 1. The van der Waals surface area contributed by atoms with Gasteiger partial charge in [-0.2, -0.15) is 0 Å². The van der Waals surface area contributed by atoms with Gasteiger partial charge in [0, 0.05) is 31.0 Å². The Hall–Kier alpha value is -2.18. The number of hydrogen-bond acceptors (Lipinski definition) is 6. The highest BCUT2D eigenvalue weighted by Crippen LogP contribution is 2.27. The van der Waals surface area contributed by atoms with E-state index < -0.39 is 5.54 Å². The Morgan fingerprint density at radius 2 is 1.89 bits per heavy atom. The van der Waals surface area contributed by atoms with Gasteiger partial charge in [0.15, 0.2) is 0 Å². The summed E-state index contributed by atoms with van der Waals surface area (Å²) in [7, 11) is 0. The molecule has 2 heterocycles. The van der Waals surface area contributed by atoms with Crippen LogP contribution >= 0.6 is 0 Å². The summed E-state index contributed by atoms with van der Waals surface area (Å²) in [5.74, 6) is 0. The molecule has 0 aromatic carbocycles. The molecular weight excluding hydrogens is 338 g/mol. The van der Waals surface area contributed by atoms with E-state index in [9.17, 15) is 4.91 Å². The maximum atomic E-state index is 11.3. The Morgan fingerprint density at radius 3 is 2.56 bits per heavy atom. The Morgan fingerprint density at radius 1 is 1.15 bits per heavy atom. The quantitative estimate of drug-likeness (QED) is 0.508. The van der Waals surface area contributed by atoms with Crippen LogP contribution in [0.25, 0.3) is 0 Å². The molecule has 27 heavy (non-hydrogen) atoms. The zero-order valence-corrected chi connectivity index (χ0v) is 16.9. The second kappa shape index (κ2) is 9.67. The largest absolute Gasteiger partial charge is 0.330 e. The number of hydrogen-bond donors (Lipinski definition) is 1. The molecule has 0 saturated heterocycles. The predicted octanol–water partition coefficient (Wildman–Crippen LogP) is 3.84. The minimum Gasteiger partial charge on any atom is -0.330 e. The summed E-state index contributed by atoms with van der Waals surface area (Å²) < 4.78 is 0. The third-order valence-electron chi connectivity index (χ3n) is 4.78. The van der Waals surface area contributed by atoms with Crippen molar-refractivity contribution in [3.63, 3.8) is 0 Å². The molecule has 0 unspecified atom stereocenters. The van der Waals surface area contributed by atoms with Crippen LogP contribution in [0.5, 0.6) is 0 Å². The summed E-state index contributed by atoms with van der Waals surface area (Å²) in [6.07, 6.45) is 5.67. The number of unbranched alkanes of at least 4 members (excludes halogenated alkanes) is 1. The van der Waals surface area contributed by atoms with Crippen molar-refractivity contribution in [2.45, 2.75) is 59.2 Å². The van der Waals surface area contributed by atoms with Crippen molar-refractivity contribution < 1.29 is 0 Å². The van der Waals surface area contributed by atoms with Crippen molar-refractivity contribution in [1.29, 1.82) is 0 Å². The van der Waals surface area contributed by atoms with E-state index in [0.29, 0.717) is 13.1 Å². The van der Waals surface area contributed by atoms with Crippen LogP contribution in [-0.2, 0) is 18.6 Å². The highest BCUT2D eigenvalue weighted by atomic mass is 16.3. The molecule has 2 aromatic rings. The summed E-state index contributed by atoms with van der Waals surface area (Å²) in [6, 6.07) is 5.96. The molecule has 0 radical (unpaired) electrons. The lowest BCUT2D eigenvalue weighted by Gasteiger charge is -2.26. The zero-order chi connectivity index (χ0) is 19.9. The van der Waals surface area contributed by atoms with Gasteiger partial charge in [-0.3, -0.25) is 14.9 Å². The molecule has 0 bridgehead atoms. The predicted molar refractivity (Wildman–Crippen MR) is 109 cm³/mol. The first-order valence-corrected chi connectivity index (χ1v) is 9.51. The molecule has 0 aliphatic rings. The van der Waals surface area contributed by atoms with E-state index in [2.05, 4.69) is 40.0 Å². The van der Waals surface area contributed by atoms with Crippen molar-refractivity contribution in [2.75, 3.05) is 13.1 Å². The molecule has 0 amide bonds. The van der Waals surface area contributed by atoms with Gasteiger partial charge >= 0.3 is 0 Å². The SMILES string of the molecule is Cc1cnc(CN(CCCCN)Cc2ncccc2C(C)(C)N=O)c(C)c1. The van der Waals surface area contributed by atoms with Gasteiger partial charge in [0.1, 0.15) is 5.54 Å². The van der Waals surface area contributed by atoms with E-state index in [1.165, 1.54) is 5.56 Å². The molecule has 0 aliphatic carbocycles. The van der Waals surface area contributed by atoms with Crippen LogP contribution in [0.4, 0.5) is 0 Å². The Bertz CT molecular complexity index is 760. The van der Waals surface area contributed by atoms with E-state index in [-0.39, 0.29) is 0 Å². The molecule has 0 saturated carbocycles. The molecular formula is C21H31N5O. The lowest BCUT2D eigenvalue weighted by atomic mass is 9.93. The van der Waals surface area contributed by atoms with Crippen molar-refractivity contribution in [2.24, 2.45) is 10.9 Å². The fraction of sp³-hybridized carbons (Fsp3) is 0.524. The average Bonchev–Trinajstić information content (AvgIpc) is 2.64. The Labute approximate surface area is 162 Å². The van der Waals surface area contributed by atoms with Crippen LogP contribution in [0.15, 0.2) is 35.8 Å². The molecule has 0 atom stereocenters. The second-order valence-corrected chi connectivity index (χ2v) is 7.63. The summed E-state index contributed by atoms with van der Waals surface area (Å²) in [5.41, 5.74) is 10.1. The highest BCUT2D eigenvalue weighted by molar-refractivity contribution is 5.28. The first-order chi connectivity index (χ1) is 12.9. The number of pyridine rings is 2. The number of aromatic nitrogens is 2. The van der Waals surface area contributed by atoms with Crippen LogP contribution in [0.3, 0.4) is 0 Å². The number of nitrogens with zero attached hydrogens (tertiary/aromatic N) is 4. The lowest BCUT2D eigenvalue weighted by molar-refractivity contribution is 0.243. The molecule has 146 valence electrons. The first kappa shape index (κ1) is 21.1. The van der Waals surface area contributed by atoms with Crippen molar-refractivity contribution in [1.82, 2.24) is 14.9 Å². The monoisotopic (exact) mass is 369 g/mol. The minimum absolute atomic E-state index is 0.648. The van der Waals surface area contributed by atoms with Crippen LogP contribution in [0.1, 0.15) is 54.8 Å². The summed E-state index contributed by atoms with van der Waals surface area (Å²) >= 11 is 0. The average molecular weight is 370 g/mol. The summed E-state index contributed by atoms with van der Waals surface area (Å²) in [6.45, 7) is 10.8. The molecule has 2 rings (SSSR count). The molecule has 0 aliphatic heterocycles. The van der Waals surface area contributed by atoms with E-state index >= 15 is 0 Å². The standard InChI is InChI=1S/C21H31N5O/c1-16-12-17(2)19(24-13-16)14-26(11-6-5-9-22)15-20-18(8-7-10-23-20)21(3,4)25-27/h7-8,10,12-13H,5-6,9,11,14-15,22H2,1-4H3. The van der Waals surface area contributed by atoms with Crippen LogP contribution < -0.4 is 5.73 Å². The van der Waals surface area contributed by atoms with Gasteiger partial charge in [0.2, 0.25) is 0 Å². The van der Waals surface area contributed by atoms with Gasteiger partial charge in [-0.1, -0.05) is 17.3 Å². The minimum atomic E-state index is -0.801. The van der Waals surface area contributed by atoms with E-state index in [4.69, 9.17) is 5.73 Å². The van der Waals surface area contributed by atoms with Gasteiger partial charge in [-0.25, -0.2) is 0 Å². The number of aryl methyl sites for hydroxylation is 2. The number of rotatable bonds is 10. The Kier molecular flexibility index (Phi) is 7.56.